The quantitative estimate of drug-likeness (QED) is 0.806. The van der Waals surface area contributed by atoms with E-state index in [-0.39, 0.29) is 5.92 Å². The normalized spacial score (nSPS) is 12.1. The number of nitrogens with two attached hydrogens (primary N) is 1. The van der Waals surface area contributed by atoms with Crippen molar-refractivity contribution in [3.63, 3.8) is 0 Å². The number of hydrogen-bond acceptors (Lipinski definition) is 1. The van der Waals surface area contributed by atoms with Crippen LogP contribution < -0.4 is 5.73 Å². The van der Waals surface area contributed by atoms with Crippen molar-refractivity contribution in [1.29, 1.82) is 0 Å². The molecule has 0 aliphatic rings. The topological polar surface area (TPSA) is 26.0 Å². The monoisotopic (exact) mass is 301 g/mol. The fourth-order valence-corrected chi connectivity index (χ4v) is 2.27. The van der Waals surface area contributed by atoms with Gasteiger partial charge in [0.15, 0.2) is 0 Å². The van der Waals surface area contributed by atoms with Gasteiger partial charge in [0.05, 0.1) is 0 Å². The Kier molecular flexibility index (Phi) is 3.87. The van der Waals surface area contributed by atoms with Crippen molar-refractivity contribution < 1.29 is 0 Å². The summed E-state index contributed by atoms with van der Waals surface area (Å²) in [5.74, 6) is 0.215. The standard InChI is InChI=1S/C16H16BrN/c1-11(13-7-9-14(17)10-8-13)12(2)15-5-3-4-6-16(15)18/h3-10,12H,1,18H2,2H3/t12-/m1/s1. The van der Waals surface area contributed by atoms with Crippen molar-refractivity contribution in [2.24, 2.45) is 0 Å². The van der Waals surface area contributed by atoms with E-state index in [4.69, 9.17) is 5.73 Å². The molecule has 0 radical (unpaired) electrons. The maximum atomic E-state index is 6.01. The van der Waals surface area contributed by atoms with E-state index in [1.54, 1.807) is 0 Å². The van der Waals surface area contributed by atoms with Crippen molar-refractivity contribution in [3.05, 3.63) is 70.7 Å². The van der Waals surface area contributed by atoms with Gasteiger partial charge >= 0.3 is 0 Å². The second kappa shape index (κ2) is 5.40. The number of anilines is 1. The molecule has 1 nitrogen and oxygen atoms in total. The van der Waals surface area contributed by atoms with Gasteiger partial charge in [-0.05, 0) is 34.9 Å². The molecule has 2 aromatic rings. The number of para-hydroxylation sites is 1. The first-order valence-corrected chi connectivity index (χ1v) is 6.68. The number of benzene rings is 2. The van der Waals surface area contributed by atoms with Crippen LogP contribution in [0.2, 0.25) is 0 Å². The zero-order valence-electron chi connectivity index (χ0n) is 10.4. The Hall–Kier alpha value is -1.54. The van der Waals surface area contributed by atoms with Crippen LogP contribution in [0.4, 0.5) is 5.69 Å². The van der Waals surface area contributed by atoms with Crippen molar-refractivity contribution in [3.8, 4) is 0 Å². The molecular weight excluding hydrogens is 286 g/mol. The fourth-order valence-electron chi connectivity index (χ4n) is 2.01. The molecule has 0 bridgehead atoms. The molecule has 0 spiro atoms. The minimum Gasteiger partial charge on any atom is -0.398 e. The highest BCUT2D eigenvalue weighted by molar-refractivity contribution is 9.10. The largest absolute Gasteiger partial charge is 0.398 e. The summed E-state index contributed by atoms with van der Waals surface area (Å²) >= 11 is 3.44. The fraction of sp³-hybridized carbons (Fsp3) is 0.125. The van der Waals surface area contributed by atoms with Gasteiger partial charge < -0.3 is 5.73 Å². The van der Waals surface area contributed by atoms with Gasteiger partial charge in [-0.15, -0.1) is 0 Å². The Balaban J connectivity index is 2.29. The molecule has 18 heavy (non-hydrogen) atoms. The molecule has 0 amide bonds. The van der Waals surface area contributed by atoms with E-state index >= 15 is 0 Å². The second-order valence-corrected chi connectivity index (χ2v) is 5.30. The van der Waals surface area contributed by atoms with Crippen LogP contribution in [0.3, 0.4) is 0 Å². The molecule has 92 valence electrons. The summed E-state index contributed by atoms with van der Waals surface area (Å²) in [5, 5.41) is 0. The van der Waals surface area contributed by atoms with Crippen LogP contribution in [0.5, 0.6) is 0 Å². The van der Waals surface area contributed by atoms with Crippen molar-refractivity contribution in [1.82, 2.24) is 0 Å². The highest BCUT2D eigenvalue weighted by atomic mass is 79.9. The highest BCUT2D eigenvalue weighted by Crippen LogP contribution is 2.33. The van der Waals surface area contributed by atoms with Crippen LogP contribution in [0.25, 0.3) is 5.57 Å². The predicted molar refractivity (Wildman–Crippen MR) is 82.4 cm³/mol. The summed E-state index contributed by atoms with van der Waals surface area (Å²) in [6.45, 7) is 6.34. The summed E-state index contributed by atoms with van der Waals surface area (Å²) < 4.78 is 1.07. The van der Waals surface area contributed by atoms with E-state index in [0.29, 0.717) is 0 Å². The first kappa shape index (κ1) is 12.9. The van der Waals surface area contributed by atoms with Gasteiger partial charge in [0, 0.05) is 16.1 Å². The minimum atomic E-state index is 0.215. The van der Waals surface area contributed by atoms with Crippen LogP contribution in [0.15, 0.2) is 59.6 Å². The van der Waals surface area contributed by atoms with Crippen LogP contribution in [0, 0.1) is 0 Å². The first-order valence-electron chi connectivity index (χ1n) is 5.88. The second-order valence-electron chi connectivity index (χ2n) is 4.38. The average Bonchev–Trinajstić information content (AvgIpc) is 2.38. The van der Waals surface area contributed by atoms with Gasteiger partial charge in [-0.1, -0.05) is 59.8 Å². The van der Waals surface area contributed by atoms with Gasteiger partial charge in [0.2, 0.25) is 0 Å². The molecule has 0 aromatic heterocycles. The number of nitrogen functional groups attached to an aromatic ring is 1. The number of allylic oxidation sites excluding steroid dienone is 1. The van der Waals surface area contributed by atoms with Gasteiger partial charge in [-0.2, -0.15) is 0 Å². The molecule has 1 atom stereocenters. The molecule has 0 fully saturated rings. The number of rotatable bonds is 3. The van der Waals surface area contributed by atoms with E-state index in [1.807, 2.05) is 30.3 Å². The summed E-state index contributed by atoms with van der Waals surface area (Å²) in [6, 6.07) is 16.2. The molecular formula is C16H16BrN. The van der Waals surface area contributed by atoms with E-state index in [9.17, 15) is 0 Å². The Morgan fingerprint density at radius 1 is 1.11 bits per heavy atom. The Morgan fingerprint density at radius 2 is 1.72 bits per heavy atom. The van der Waals surface area contributed by atoms with Crippen molar-refractivity contribution >= 4 is 27.2 Å². The van der Waals surface area contributed by atoms with E-state index in [1.165, 1.54) is 0 Å². The van der Waals surface area contributed by atoms with Crippen LogP contribution >= 0.6 is 15.9 Å². The smallest absolute Gasteiger partial charge is 0.0352 e. The summed E-state index contributed by atoms with van der Waals surface area (Å²) in [6.07, 6.45) is 0. The minimum absolute atomic E-state index is 0.215. The number of halogens is 1. The van der Waals surface area contributed by atoms with Crippen LogP contribution in [-0.2, 0) is 0 Å². The number of hydrogen-bond donors (Lipinski definition) is 1. The molecule has 2 rings (SSSR count). The molecule has 0 saturated heterocycles. The Bertz CT molecular complexity index is 558. The Labute approximate surface area is 116 Å². The van der Waals surface area contributed by atoms with Crippen molar-refractivity contribution in [2.75, 3.05) is 5.73 Å². The lowest BCUT2D eigenvalue weighted by molar-refractivity contribution is 0.996. The zero-order valence-corrected chi connectivity index (χ0v) is 11.9. The molecule has 0 aliphatic carbocycles. The van der Waals surface area contributed by atoms with Gasteiger partial charge in [0.25, 0.3) is 0 Å². The Morgan fingerprint density at radius 3 is 2.33 bits per heavy atom. The van der Waals surface area contributed by atoms with E-state index < -0.39 is 0 Å². The average molecular weight is 302 g/mol. The molecule has 0 unspecified atom stereocenters. The van der Waals surface area contributed by atoms with Crippen molar-refractivity contribution in [2.45, 2.75) is 12.8 Å². The van der Waals surface area contributed by atoms with Crippen LogP contribution in [-0.4, -0.2) is 0 Å². The highest BCUT2D eigenvalue weighted by Gasteiger charge is 2.13. The van der Waals surface area contributed by atoms with Gasteiger partial charge in [-0.3, -0.25) is 0 Å². The van der Waals surface area contributed by atoms with Gasteiger partial charge in [0.1, 0.15) is 0 Å². The lowest BCUT2D eigenvalue weighted by Crippen LogP contribution is -2.01. The molecule has 2 N–H and O–H groups in total. The SMILES string of the molecule is C=C(c1ccc(Br)cc1)[C@@H](C)c1ccccc1N. The summed E-state index contributed by atoms with van der Waals surface area (Å²) in [5.41, 5.74) is 10.2. The lowest BCUT2D eigenvalue weighted by atomic mass is 9.88. The van der Waals surface area contributed by atoms with E-state index in [0.717, 1.165) is 26.9 Å². The molecule has 2 heteroatoms. The molecule has 0 saturated carbocycles. The lowest BCUT2D eigenvalue weighted by Gasteiger charge is -2.17. The third kappa shape index (κ3) is 2.65. The molecule has 0 heterocycles. The third-order valence-corrected chi connectivity index (χ3v) is 3.73. The molecule has 2 aromatic carbocycles. The maximum absolute atomic E-state index is 6.01. The molecule has 0 aliphatic heterocycles. The zero-order chi connectivity index (χ0) is 13.1. The van der Waals surface area contributed by atoms with Crippen LogP contribution in [0.1, 0.15) is 24.0 Å². The first-order chi connectivity index (χ1) is 8.59. The predicted octanol–water partition coefficient (Wildman–Crippen LogP) is 4.85. The third-order valence-electron chi connectivity index (χ3n) is 3.20. The maximum Gasteiger partial charge on any atom is 0.0352 e. The summed E-state index contributed by atoms with van der Waals surface area (Å²) in [4.78, 5) is 0. The van der Waals surface area contributed by atoms with E-state index in [2.05, 4.69) is 47.6 Å². The van der Waals surface area contributed by atoms with Gasteiger partial charge in [-0.25, -0.2) is 0 Å². The summed E-state index contributed by atoms with van der Waals surface area (Å²) in [7, 11) is 0.